The van der Waals surface area contributed by atoms with Gasteiger partial charge in [-0.3, -0.25) is 4.68 Å². The quantitative estimate of drug-likeness (QED) is 0.352. The Balaban J connectivity index is 1.08. The molecule has 0 saturated carbocycles. The van der Waals surface area contributed by atoms with Gasteiger partial charge in [0.25, 0.3) is 0 Å². The molecule has 4 heterocycles. The van der Waals surface area contributed by atoms with Gasteiger partial charge >= 0.3 is 12.2 Å². The van der Waals surface area contributed by atoms with Crippen molar-refractivity contribution >= 4 is 11.8 Å². The van der Waals surface area contributed by atoms with Gasteiger partial charge < -0.3 is 30.3 Å². The molecule has 2 aromatic carbocycles. The number of piperidine rings is 1. The number of aromatic nitrogens is 2. The Morgan fingerprint density at radius 1 is 1.07 bits per heavy atom. The molecule has 3 aliphatic rings. The smallest absolute Gasteiger partial charge is 0.416 e. The second kappa shape index (κ2) is 12.5. The molecule has 238 valence electrons. The van der Waals surface area contributed by atoms with Gasteiger partial charge in [-0.15, -0.1) is 0 Å². The zero-order chi connectivity index (χ0) is 31.7. The maximum absolute atomic E-state index is 13.2. The van der Waals surface area contributed by atoms with Crippen molar-refractivity contribution in [2.45, 2.75) is 57.9 Å². The zero-order valence-corrected chi connectivity index (χ0v) is 25.1. The van der Waals surface area contributed by atoms with Gasteiger partial charge in [-0.1, -0.05) is 12.1 Å². The molecule has 3 aromatic rings. The highest BCUT2D eigenvalue weighted by Gasteiger charge is 2.31. The van der Waals surface area contributed by atoms with Crippen LogP contribution < -0.4 is 5.73 Å². The highest BCUT2D eigenvalue weighted by Crippen LogP contribution is 2.34. The summed E-state index contributed by atoms with van der Waals surface area (Å²) in [6.07, 6.45) is 4.66. The fourth-order valence-electron chi connectivity index (χ4n) is 6.46. The van der Waals surface area contributed by atoms with Gasteiger partial charge in [-0.2, -0.15) is 18.3 Å². The van der Waals surface area contributed by atoms with E-state index < -0.39 is 17.8 Å². The van der Waals surface area contributed by atoms with Crippen molar-refractivity contribution in [1.82, 2.24) is 24.5 Å². The van der Waals surface area contributed by atoms with E-state index in [0.29, 0.717) is 42.6 Å². The van der Waals surface area contributed by atoms with Crippen molar-refractivity contribution in [2.75, 3.05) is 26.2 Å². The minimum atomic E-state index is -4.42. The number of amides is 2. The molecule has 0 atom stereocenters. The van der Waals surface area contributed by atoms with Crippen LogP contribution in [0.5, 0.6) is 5.75 Å². The van der Waals surface area contributed by atoms with Crippen LogP contribution in [0.3, 0.4) is 0 Å². The number of phenols is 1. The number of likely N-dealkylation sites (tertiary alicyclic amines) is 1. The average molecular weight is 623 g/mol. The summed E-state index contributed by atoms with van der Waals surface area (Å²) in [5.74, 6) is 0.916. The minimum Gasteiger partial charge on any atom is -0.508 e. The third kappa shape index (κ3) is 6.80. The van der Waals surface area contributed by atoms with Crippen molar-refractivity contribution in [3.63, 3.8) is 0 Å². The van der Waals surface area contributed by atoms with Gasteiger partial charge in [0.1, 0.15) is 17.8 Å². The Labute approximate surface area is 260 Å². The normalized spacial score (nSPS) is 17.6. The van der Waals surface area contributed by atoms with Crippen LogP contribution in [0.2, 0.25) is 0 Å². The number of ether oxygens (including phenoxy) is 1. The van der Waals surface area contributed by atoms with Crippen LogP contribution in [-0.2, 0) is 30.4 Å². The SMILES string of the molecule is Cc1cc(O)cc(C2=CN(C3CCN(CCCn4nc(-c5ccc(C(F)(F)F)cc5)c5c4CCN(C(N)=O)C5)CC3)C=CO2)c1. The number of carbonyl (C=O) groups excluding carboxylic acids is 1. The summed E-state index contributed by atoms with van der Waals surface area (Å²) >= 11 is 0. The molecule has 0 unspecified atom stereocenters. The van der Waals surface area contributed by atoms with Crippen molar-refractivity contribution < 1.29 is 27.8 Å². The molecule has 0 spiro atoms. The lowest BCUT2D eigenvalue weighted by Gasteiger charge is -2.37. The summed E-state index contributed by atoms with van der Waals surface area (Å²) in [7, 11) is 0. The van der Waals surface area contributed by atoms with E-state index in [1.165, 1.54) is 12.1 Å². The first-order valence-corrected chi connectivity index (χ1v) is 15.2. The highest BCUT2D eigenvalue weighted by atomic mass is 19.4. The number of phenolic OH excluding ortho intramolecular Hbond substituents is 1. The van der Waals surface area contributed by atoms with Gasteiger partial charge in [0.2, 0.25) is 0 Å². The van der Waals surface area contributed by atoms with E-state index in [1.807, 2.05) is 30.1 Å². The second-order valence-electron chi connectivity index (χ2n) is 11.9. The molecule has 0 radical (unpaired) electrons. The highest BCUT2D eigenvalue weighted by molar-refractivity contribution is 5.73. The Morgan fingerprint density at radius 2 is 1.82 bits per heavy atom. The van der Waals surface area contributed by atoms with Crippen LogP contribution in [0.1, 0.15) is 47.2 Å². The average Bonchev–Trinajstić information content (AvgIpc) is 3.38. The Kier molecular flexibility index (Phi) is 8.50. The van der Waals surface area contributed by atoms with E-state index in [9.17, 15) is 23.1 Å². The molecular weight excluding hydrogens is 585 g/mol. The number of urea groups is 1. The number of carbonyl (C=O) groups is 1. The van der Waals surface area contributed by atoms with E-state index >= 15 is 0 Å². The number of benzene rings is 2. The largest absolute Gasteiger partial charge is 0.508 e. The summed E-state index contributed by atoms with van der Waals surface area (Å²) in [6, 6.07) is 10.2. The summed E-state index contributed by atoms with van der Waals surface area (Å²) < 4.78 is 47.2. The monoisotopic (exact) mass is 622 g/mol. The molecule has 3 N–H and O–H groups in total. The Hall–Kier alpha value is -4.45. The van der Waals surface area contributed by atoms with Crippen LogP contribution >= 0.6 is 0 Å². The first-order valence-electron chi connectivity index (χ1n) is 15.2. The number of aromatic hydroxyl groups is 1. The lowest BCUT2D eigenvalue weighted by Crippen LogP contribution is -2.42. The second-order valence-corrected chi connectivity index (χ2v) is 11.9. The Morgan fingerprint density at radius 3 is 2.51 bits per heavy atom. The fourth-order valence-corrected chi connectivity index (χ4v) is 6.46. The van der Waals surface area contributed by atoms with Crippen molar-refractivity contribution in [3.05, 3.63) is 89.1 Å². The van der Waals surface area contributed by atoms with Gasteiger partial charge in [0.15, 0.2) is 0 Å². The molecule has 45 heavy (non-hydrogen) atoms. The lowest BCUT2D eigenvalue weighted by molar-refractivity contribution is -0.137. The van der Waals surface area contributed by atoms with E-state index in [1.54, 1.807) is 23.3 Å². The number of nitrogens with zero attached hydrogens (tertiary/aromatic N) is 5. The van der Waals surface area contributed by atoms with Gasteiger partial charge in [-0.25, -0.2) is 4.79 Å². The number of hydrogen-bond acceptors (Lipinski definition) is 6. The van der Waals surface area contributed by atoms with Crippen LogP contribution in [-0.4, -0.2) is 67.8 Å². The topological polar surface area (TPSA) is 100 Å². The van der Waals surface area contributed by atoms with Gasteiger partial charge in [0, 0.05) is 73.4 Å². The van der Waals surface area contributed by atoms with Crippen molar-refractivity contribution in [2.24, 2.45) is 5.73 Å². The maximum Gasteiger partial charge on any atom is 0.416 e. The summed E-state index contributed by atoms with van der Waals surface area (Å²) in [5.41, 5.74) is 9.66. The number of hydrogen-bond donors (Lipinski definition) is 2. The number of aryl methyl sites for hydroxylation is 2. The Bertz CT molecular complexity index is 1590. The summed E-state index contributed by atoms with van der Waals surface area (Å²) in [5, 5.41) is 14.8. The standard InChI is InChI=1S/C33H37F3N6O3/c1-22-17-24(19-27(43)18-22)30-21-40(15-16-45-30)26-7-12-39(13-8-26)10-2-11-42-29-9-14-41(32(37)44)20-28(29)31(38-42)23-3-5-25(6-4-23)33(34,35)36/h3-6,15-19,21,26,43H,2,7-14,20H2,1H3,(H2,37,44). The molecule has 1 saturated heterocycles. The summed E-state index contributed by atoms with van der Waals surface area (Å²) in [6.45, 7) is 6.16. The molecule has 1 fully saturated rings. The number of fused-ring (bicyclic) bond motifs is 1. The van der Waals surface area contributed by atoms with E-state index in [0.717, 1.165) is 73.4 Å². The molecule has 6 rings (SSSR count). The molecule has 2 amide bonds. The number of alkyl halides is 3. The number of rotatable bonds is 7. The molecule has 9 nitrogen and oxygen atoms in total. The first-order chi connectivity index (χ1) is 21.5. The molecule has 12 heteroatoms. The molecule has 0 bridgehead atoms. The first kappa shape index (κ1) is 30.6. The van der Waals surface area contributed by atoms with E-state index in [4.69, 9.17) is 15.6 Å². The molecular formula is C33H37F3N6O3. The minimum absolute atomic E-state index is 0.211. The number of primary amides is 1. The summed E-state index contributed by atoms with van der Waals surface area (Å²) in [4.78, 5) is 18.1. The van der Waals surface area contributed by atoms with Crippen LogP contribution in [0.15, 0.2) is 61.1 Å². The van der Waals surface area contributed by atoms with Crippen molar-refractivity contribution in [3.8, 4) is 17.0 Å². The van der Waals surface area contributed by atoms with Crippen LogP contribution in [0.25, 0.3) is 17.0 Å². The van der Waals surface area contributed by atoms with Crippen LogP contribution in [0, 0.1) is 6.92 Å². The maximum atomic E-state index is 13.2. The molecule has 1 aromatic heterocycles. The lowest BCUT2D eigenvalue weighted by atomic mass is 10.00. The third-order valence-electron chi connectivity index (χ3n) is 8.80. The van der Waals surface area contributed by atoms with Gasteiger partial charge in [0.05, 0.1) is 17.8 Å². The number of nitrogens with two attached hydrogens (primary N) is 1. The number of halogens is 3. The van der Waals surface area contributed by atoms with E-state index in [2.05, 4.69) is 9.80 Å². The van der Waals surface area contributed by atoms with E-state index in [-0.39, 0.29) is 12.3 Å². The predicted molar refractivity (Wildman–Crippen MR) is 163 cm³/mol. The van der Waals surface area contributed by atoms with Crippen LogP contribution in [0.4, 0.5) is 18.0 Å². The molecule has 0 aliphatic carbocycles. The molecule has 3 aliphatic heterocycles. The van der Waals surface area contributed by atoms with Gasteiger partial charge in [-0.05, 0) is 68.6 Å². The zero-order valence-electron chi connectivity index (χ0n) is 25.1. The predicted octanol–water partition coefficient (Wildman–Crippen LogP) is 5.68. The fraction of sp³-hybridized carbons (Fsp3) is 0.394. The van der Waals surface area contributed by atoms with Crippen molar-refractivity contribution in [1.29, 1.82) is 0 Å². The third-order valence-corrected chi connectivity index (χ3v) is 8.80.